The number of hydrogen-bond acceptors (Lipinski definition) is 2. The smallest absolute Gasteiger partial charge is 0.239 e. The van der Waals surface area contributed by atoms with Crippen LogP contribution in [0.3, 0.4) is 0 Å². The predicted molar refractivity (Wildman–Crippen MR) is 86.1 cm³/mol. The Morgan fingerprint density at radius 2 is 1.86 bits per heavy atom. The molecule has 0 radical (unpaired) electrons. The normalized spacial score (nSPS) is 16.3. The van der Waals surface area contributed by atoms with E-state index in [0.29, 0.717) is 0 Å². The number of hydrogen-bond donors (Lipinski definition) is 1. The van der Waals surface area contributed by atoms with E-state index in [1.807, 2.05) is 11.8 Å². The average molecular weight is 282 g/mol. The predicted octanol–water partition coefficient (Wildman–Crippen LogP) is 2.94. The zero-order valence-corrected chi connectivity index (χ0v) is 12.5. The maximum atomic E-state index is 12.3. The van der Waals surface area contributed by atoms with Crippen LogP contribution >= 0.6 is 0 Å². The molecule has 2 aromatic rings. The van der Waals surface area contributed by atoms with Crippen molar-refractivity contribution >= 4 is 16.7 Å². The van der Waals surface area contributed by atoms with Crippen molar-refractivity contribution in [3.05, 3.63) is 48.0 Å². The first-order chi connectivity index (χ1) is 10.3. The minimum Gasteiger partial charge on any atom is -0.341 e. The highest BCUT2D eigenvalue weighted by Gasteiger charge is 2.22. The highest BCUT2D eigenvalue weighted by molar-refractivity contribution is 5.86. The molecule has 110 valence electrons. The molecule has 0 aliphatic carbocycles. The molecule has 3 rings (SSSR count). The first kappa shape index (κ1) is 14.1. The third-order valence-corrected chi connectivity index (χ3v) is 4.27. The van der Waals surface area contributed by atoms with Gasteiger partial charge in [-0.15, -0.1) is 0 Å². The monoisotopic (exact) mass is 282 g/mol. The Bertz CT molecular complexity index is 627. The van der Waals surface area contributed by atoms with Gasteiger partial charge in [0.2, 0.25) is 5.91 Å². The minimum absolute atomic E-state index is 0.123. The molecule has 1 amide bonds. The summed E-state index contributed by atoms with van der Waals surface area (Å²) in [4.78, 5) is 14.3. The van der Waals surface area contributed by atoms with E-state index in [1.165, 1.54) is 16.3 Å². The molecule has 3 heteroatoms. The van der Waals surface area contributed by atoms with Crippen molar-refractivity contribution in [2.45, 2.75) is 32.4 Å². The molecule has 0 spiro atoms. The first-order valence-corrected chi connectivity index (χ1v) is 7.74. The summed E-state index contributed by atoms with van der Waals surface area (Å²) >= 11 is 0. The summed E-state index contributed by atoms with van der Waals surface area (Å²) in [5.74, 6) is 0.229. The summed E-state index contributed by atoms with van der Waals surface area (Å²) in [6, 6.07) is 14.6. The number of amides is 1. The van der Waals surface area contributed by atoms with Gasteiger partial charge in [0.1, 0.15) is 0 Å². The van der Waals surface area contributed by atoms with E-state index < -0.39 is 0 Å². The number of nitrogens with zero attached hydrogens (tertiary/aromatic N) is 1. The third-order valence-electron chi connectivity index (χ3n) is 4.27. The molecule has 1 unspecified atom stereocenters. The molecule has 0 bridgehead atoms. The van der Waals surface area contributed by atoms with Gasteiger partial charge in [0, 0.05) is 19.6 Å². The summed E-state index contributed by atoms with van der Waals surface area (Å²) in [6.45, 7) is 4.52. The van der Waals surface area contributed by atoms with E-state index in [9.17, 15) is 4.79 Å². The van der Waals surface area contributed by atoms with Crippen LogP contribution in [0.1, 0.15) is 25.3 Å². The van der Waals surface area contributed by atoms with E-state index in [1.54, 1.807) is 0 Å². The molecule has 1 N–H and O–H groups in total. The van der Waals surface area contributed by atoms with Gasteiger partial charge < -0.3 is 10.2 Å². The SMILES string of the molecule is CC(NCc1cccc2ccccc12)C(=O)N1CCCC1. The summed E-state index contributed by atoms with van der Waals surface area (Å²) in [7, 11) is 0. The van der Waals surface area contributed by atoms with Gasteiger partial charge >= 0.3 is 0 Å². The lowest BCUT2D eigenvalue weighted by Gasteiger charge is -2.21. The Hall–Kier alpha value is -1.87. The molecule has 1 saturated heterocycles. The van der Waals surface area contributed by atoms with Gasteiger partial charge in [0.05, 0.1) is 6.04 Å². The second kappa shape index (κ2) is 6.27. The summed E-state index contributed by atoms with van der Waals surface area (Å²) in [5, 5.41) is 5.88. The van der Waals surface area contributed by atoms with Crippen molar-refractivity contribution in [1.29, 1.82) is 0 Å². The number of nitrogens with one attached hydrogen (secondary N) is 1. The number of fused-ring (bicyclic) bond motifs is 1. The Morgan fingerprint density at radius 1 is 1.14 bits per heavy atom. The number of benzene rings is 2. The first-order valence-electron chi connectivity index (χ1n) is 7.74. The number of carbonyl (C=O) groups is 1. The molecule has 2 aromatic carbocycles. The van der Waals surface area contributed by atoms with Gasteiger partial charge in [-0.25, -0.2) is 0 Å². The fourth-order valence-corrected chi connectivity index (χ4v) is 3.01. The van der Waals surface area contributed by atoms with Gasteiger partial charge in [-0.1, -0.05) is 42.5 Å². The van der Waals surface area contributed by atoms with Crippen molar-refractivity contribution in [2.75, 3.05) is 13.1 Å². The molecule has 0 saturated carbocycles. The van der Waals surface area contributed by atoms with Gasteiger partial charge in [0.15, 0.2) is 0 Å². The lowest BCUT2D eigenvalue weighted by Crippen LogP contribution is -2.43. The van der Waals surface area contributed by atoms with Crippen molar-refractivity contribution in [3.8, 4) is 0 Å². The van der Waals surface area contributed by atoms with E-state index in [4.69, 9.17) is 0 Å². The molecule has 1 fully saturated rings. The Kier molecular flexibility index (Phi) is 4.20. The van der Waals surface area contributed by atoms with Gasteiger partial charge in [-0.2, -0.15) is 0 Å². The largest absolute Gasteiger partial charge is 0.341 e. The summed E-state index contributed by atoms with van der Waals surface area (Å²) in [5.41, 5.74) is 1.24. The summed E-state index contributed by atoms with van der Waals surface area (Å²) < 4.78 is 0. The highest BCUT2D eigenvalue weighted by Crippen LogP contribution is 2.18. The molecule has 21 heavy (non-hydrogen) atoms. The molecule has 0 aromatic heterocycles. The zero-order valence-electron chi connectivity index (χ0n) is 12.5. The number of likely N-dealkylation sites (tertiary alicyclic amines) is 1. The maximum absolute atomic E-state index is 12.3. The lowest BCUT2D eigenvalue weighted by atomic mass is 10.0. The van der Waals surface area contributed by atoms with Gasteiger partial charge in [-0.3, -0.25) is 4.79 Å². The maximum Gasteiger partial charge on any atom is 0.239 e. The average Bonchev–Trinajstić information content (AvgIpc) is 3.06. The Labute approximate surface area is 125 Å². The molecule has 3 nitrogen and oxygen atoms in total. The standard InChI is InChI=1S/C18H22N2O/c1-14(18(21)20-11-4-5-12-20)19-13-16-9-6-8-15-7-2-3-10-17(15)16/h2-3,6-10,14,19H,4-5,11-13H2,1H3. The quantitative estimate of drug-likeness (QED) is 0.935. The van der Waals surface area contributed by atoms with Crippen LogP contribution in [0.2, 0.25) is 0 Å². The van der Waals surface area contributed by atoms with Crippen molar-refractivity contribution < 1.29 is 4.79 Å². The molecular formula is C18H22N2O. The minimum atomic E-state index is -0.123. The molecule has 1 atom stereocenters. The van der Waals surface area contributed by atoms with Gasteiger partial charge in [0.25, 0.3) is 0 Å². The molecule has 1 aliphatic heterocycles. The molecule has 1 heterocycles. The second-order valence-corrected chi connectivity index (χ2v) is 5.77. The van der Waals surface area contributed by atoms with Crippen LogP contribution in [0.15, 0.2) is 42.5 Å². The van der Waals surface area contributed by atoms with Crippen LogP contribution in [-0.2, 0) is 11.3 Å². The van der Waals surface area contributed by atoms with E-state index in [0.717, 1.165) is 32.5 Å². The van der Waals surface area contributed by atoms with E-state index >= 15 is 0 Å². The highest BCUT2D eigenvalue weighted by atomic mass is 16.2. The van der Waals surface area contributed by atoms with Crippen molar-refractivity contribution in [3.63, 3.8) is 0 Å². The topological polar surface area (TPSA) is 32.3 Å². The van der Waals surface area contributed by atoms with Crippen LogP contribution in [0, 0.1) is 0 Å². The third kappa shape index (κ3) is 3.08. The van der Waals surface area contributed by atoms with Crippen molar-refractivity contribution in [1.82, 2.24) is 10.2 Å². The van der Waals surface area contributed by atoms with Crippen LogP contribution in [0.5, 0.6) is 0 Å². The van der Waals surface area contributed by atoms with Crippen molar-refractivity contribution in [2.24, 2.45) is 0 Å². The number of carbonyl (C=O) groups excluding carboxylic acids is 1. The second-order valence-electron chi connectivity index (χ2n) is 5.77. The van der Waals surface area contributed by atoms with Crippen LogP contribution in [0.25, 0.3) is 10.8 Å². The fourth-order valence-electron chi connectivity index (χ4n) is 3.01. The fraction of sp³-hybridized carbons (Fsp3) is 0.389. The molecule has 1 aliphatic rings. The van der Waals surface area contributed by atoms with Crippen LogP contribution in [0.4, 0.5) is 0 Å². The van der Waals surface area contributed by atoms with Gasteiger partial charge in [-0.05, 0) is 36.1 Å². The Morgan fingerprint density at radius 3 is 2.67 bits per heavy atom. The lowest BCUT2D eigenvalue weighted by molar-refractivity contribution is -0.131. The number of rotatable bonds is 4. The summed E-state index contributed by atoms with van der Waals surface area (Å²) in [6.07, 6.45) is 2.28. The van der Waals surface area contributed by atoms with E-state index in [-0.39, 0.29) is 11.9 Å². The zero-order chi connectivity index (χ0) is 14.7. The van der Waals surface area contributed by atoms with E-state index in [2.05, 4.69) is 47.8 Å². The van der Waals surface area contributed by atoms with Crippen LogP contribution in [-0.4, -0.2) is 29.9 Å². The van der Waals surface area contributed by atoms with Crippen LogP contribution < -0.4 is 5.32 Å². The molecular weight excluding hydrogens is 260 g/mol. The Balaban J connectivity index is 1.67.